The summed E-state index contributed by atoms with van der Waals surface area (Å²) in [6.07, 6.45) is 30.9. The minimum Gasteiger partial charge on any atom is -0.459 e. The van der Waals surface area contributed by atoms with E-state index in [4.69, 9.17) is 0 Å². The summed E-state index contributed by atoms with van der Waals surface area (Å²) in [5.41, 5.74) is 4.60. The van der Waals surface area contributed by atoms with Gasteiger partial charge in [0.2, 0.25) is 0 Å². The Morgan fingerprint density at radius 3 is 0.892 bits per heavy atom. The second kappa shape index (κ2) is 22.8. The largest absolute Gasteiger partial charge is 0.459 e. The molecule has 0 amide bonds. The smallest absolute Gasteiger partial charge is 0.384 e. The summed E-state index contributed by atoms with van der Waals surface area (Å²) in [4.78, 5) is 20.5. The Balaban J connectivity index is 0.000000277. The van der Waals surface area contributed by atoms with Gasteiger partial charge in [0.25, 0.3) is 0 Å². The molecule has 4 nitrogen and oxygen atoms in total. The summed E-state index contributed by atoms with van der Waals surface area (Å²) < 4.78 is 8.25. The molecule has 0 aromatic carbocycles. The second-order valence-corrected chi connectivity index (χ2v) is 14.8. The van der Waals surface area contributed by atoms with Crippen molar-refractivity contribution in [3.63, 3.8) is 0 Å². The van der Waals surface area contributed by atoms with E-state index in [9.17, 15) is 9.59 Å². The molecule has 0 heterocycles. The third-order valence-electron chi connectivity index (χ3n) is 8.00. The van der Waals surface area contributed by atoms with Crippen LogP contribution in [0.15, 0.2) is 0 Å². The third kappa shape index (κ3) is 17.4. The molecule has 216 valence electrons. The second-order valence-electron chi connectivity index (χ2n) is 10.9. The topological polar surface area (TPSA) is 52.6 Å². The first-order valence-electron chi connectivity index (χ1n) is 14.8. The Hall–Kier alpha value is 0.0223. The number of hydrogen-bond acceptors (Lipinski definition) is 4. The van der Waals surface area contributed by atoms with Gasteiger partial charge >= 0.3 is 11.9 Å². The number of methoxy groups -OCH3 is 2. The minimum absolute atomic E-state index is 0. The van der Waals surface area contributed by atoms with Crippen molar-refractivity contribution in [3.8, 4) is 11.8 Å². The van der Waals surface area contributed by atoms with E-state index in [1.165, 1.54) is 108 Å². The predicted molar refractivity (Wildman–Crippen MR) is 156 cm³/mol. The molecule has 0 N–H and O–H groups in total. The van der Waals surface area contributed by atoms with Gasteiger partial charge in [0.15, 0.2) is 0 Å². The van der Waals surface area contributed by atoms with Crippen LogP contribution in [0.5, 0.6) is 0 Å². The molecule has 4 saturated carbocycles. The molecule has 0 spiro atoms. The normalized spacial score (nSPS) is 21.4. The van der Waals surface area contributed by atoms with Gasteiger partial charge in [-0.05, 0) is 74.0 Å². The summed E-state index contributed by atoms with van der Waals surface area (Å²) in [5.74, 6) is 2.28. The summed E-state index contributed by atoms with van der Waals surface area (Å²) in [6, 6.07) is 0. The van der Waals surface area contributed by atoms with Crippen LogP contribution in [0.25, 0.3) is 0 Å². The summed E-state index contributed by atoms with van der Waals surface area (Å²) in [6.45, 7) is 0. The molecule has 0 saturated heterocycles. The van der Waals surface area contributed by atoms with Gasteiger partial charge in [-0.3, -0.25) is 0 Å². The Kier molecular flexibility index (Phi) is 21.6. The van der Waals surface area contributed by atoms with E-state index >= 15 is 0 Å². The molecular formula is C30H52O4P2Pd. The molecule has 0 aliphatic heterocycles. The van der Waals surface area contributed by atoms with Gasteiger partial charge in [0.05, 0.1) is 14.2 Å². The third-order valence-corrected chi connectivity index (χ3v) is 12.2. The molecule has 7 heteroatoms. The van der Waals surface area contributed by atoms with Crippen LogP contribution < -0.4 is 0 Å². The van der Waals surface area contributed by atoms with Crippen molar-refractivity contribution in [3.05, 3.63) is 0 Å². The monoisotopic (exact) mass is 644 g/mol. The number of hydrogen-bond donors (Lipinski definition) is 0. The number of esters is 2. The zero-order chi connectivity index (χ0) is 25.8. The molecule has 4 aliphatic carbocycles. The minimum atomic E-state index is -0.759. The number of carbonyl (C=O) groups is 2. The van der Waals surface area contributed by atoms with Crippen molar-refractivity contribution in [2.45, 2.75) is 151 Å². The Morgan fingerprint density at radius 1 is 0.486 bits per heavy atom. The zero-order valence-electron chi connectivity index (χ0n) is 23.4. The van der Waals surface area contributed by atoms with Crippen molar-refractivity contribution in [2.75, 3.05) is 14.2 Å². The summed E-state index contributed by atoms with van der Waals surface area (Å²) in [7, 11) is 5.01. The van der Waals surface area contributed by atoms with Crippen molar-refractivity contribution >= 4 is 29.1 Å². The fourth-order valence-electron chi connectivity index (χ4n) is 5.95. The summed E-state index contributed by atoms with van der Waals surface area (Å²) >= 11 is 0. The maximum atomic E-state index is 10.2. The fraction of sp³-hybridized carbons (Fsp3) is 0.867. The van der Waals surface area contributed by atoms with Crippen molar-refractivity contribution in [2.24, 2.45) is 0 Å². The Morgan fingerprint density at radius 2 is 0.703 bits per heavy atom. The number of carbonyl (C=O) groups excluding carboxylic acids is 2. The number of ether oxygens (including phenoxy) is 2. The molecule has 0 radical (unpaired) electrons. The van der Waals surface area contributed by atoms with Crippen LogP contribution in [0.4, 0.5) is 0 Å². The van der Waals surface area contributed by atoms with E-state index in [2.05, 4.69) is 9.47 Å². The van der Waals surface area contributed by atoms with Gasteiger partial charge in [0, 0.05) is 32.3 Å². The molecule has 0 atom stereocenters. The van der Waals surface area contributed by atoms with Crippen LogP contribution in [0.2, 0.25) is 0 Å². The molecule has 0 aromatic rings. The van der Waals surface area contributed by atoms with Crippen molar-refractivity contribution in [1.82, 2.24) is 0 Å². The maximum absolute atomic E-state index is 10.2. The molecule has 37 heavy (non-hydrogen) atoms. The van der Waals surface area contributed by atoms with E-state index < -0.39 is 11.9 Å². The first-order valence-corrected chi connectivity index (χ1v) is 17.1. The van der Waals surface area contributed by atoms with E-state index in [0.29, 0.717) is 0 Å². The average molecular weight is 645 g/mol. The Bertz CT molecular complexity index is 568. The fourth-order valence-corrected chi connectivity index (χ4v) is 10.2. The van der Waals surface area contributed by atoms with Crippen molar-refractivity contribution < 1.29 is 39.5 Å². The van der Waals surface area contributed by atoms with Gasteiger partial charge < -0.3 is 9.47 Å². The summed E-state index contributed by atoms with van der Waals surface area (Å²) in [5, 5.41) is 0. The van der Waals surface area contributed by atoms with Crippen LogP contribution in [-0.4, -0.2) is 48.8 Å². The number of rotatable bonds is 4. The molecule has 4 fully saturated rings. The molecule has 0 unspecified atom stereocenters. The quantitative estimate of drug-likeness (QED) is 0.102. The van der Waals surface area contributed by atoms with Crippen LogP contribution in [-0.2, 0) is 39.5 Å². The Labute approximate surface area is 244 Å². The van der Waals surface area contributed by atoms with E-state index in [0.717, 1.165) is 22.6 Å². The van der Waals surface area contributed by atoms with E-state index in [-0.39, 0.29) is 20.4 Å². The maximum Gasteiger partial charge on any atom is 0.384 e. The van der Waals surface area contributed by atoms with Crippen molar-refractivity contribution in [1.29, 1.82) is 0 Å². The van der Waals surface area contributed by atoms with Gasteiger partial charge in [-0.15, -0.1) is 17.2 Å². The molecule has 0 bridgehead atoms. The molecule has 4 aliphatic rings. The van der Waals surface area contributed by atoms with Crippen LogP contribution >= 0.6 is 17.2 Å². The van der Waals surface area contributed by atoms with Crippen LogP contribution in [0, 0.1) is 11.8 Å². The van der Waals surface area contributed by atoms with E-state index in [1.54, 1.807) is 51.4 Å². The zero-order valence-corrected chi connectivity index (χ0v) is 27.0. The first kappa shape index (κ1) is 35.0. The molecule has 4 rings (SSSR count). The molecular weight excluding hydrogens is 593 g/mol. The van der Waals surface area contributed by atoms with Gasteiger partial charge in [-0.25, -0.2) is 9.59 Å². The van der Waals surface area contributed by atoms with Crippen LogP contribution in [0.3, 0.4) is 0 Å². The average Bonchev–Trinajstić information content (AvgIpc) is 2.94. The van der Waals surface area contributed by atoms with Gasteiger partial charge in [-0.1, -0.05) is 77.0 Å². The van der Waals surface area contributed by atoms with E-state index in [1.807, 2.05) is 11.8 Å². The predicted octanol–water partition coefficient (Wildman–Crippen LogP) is 7.99. The van der Waals surface area contributed by atoms with Gasteiger partial charge in [-0.2, -0.15) is 0 Å². The standard InChI is InChI=1S/2C12H23P.C6H6O4.Pd/c2*1-3-7-11(8-4-1)13-12-9-5-2-6-10-12;1-9-5(7)3-4-6(8)10-2;/h2*11-13H,1-10H2;1-2H3;. The van der Waals surface area contributed by atoms with Gasteiger partial charge in [0.1, 0.15) is 0 Å². The first-order chi connectivity index (χ1) is 17.6. The SMILES string of the molecule is C1CCC(PC2CCCCC2)CC1.C1CCC(PC2CCCCC2)CC1.COC(=O)C#CC(=O)OC.[Pd]. The molecule has 0 aromatic heterocycles. The van der Waals surface area contributed by atoms with Crippen LogP contribution in [0.1, 0.15) is 128 Å².